The van der Waals surface area contributed by atoms with Crippen LogP contribution in [0.5, 0.6) is 0 Å². The number of carbonyl (C=O) groups is 9. The zero-order valence-corrected chi connectivity index (χ0v) is 61.2. The lowest BCUT2D eigenvalue weighted by Gasteiger charge is -2.41. The average Bonchev–Trinajstić information content (AvgIpc) is 1.40. The van der Waals surface area contributed by atoms with Gasteiger partial charge in [0, 0.05) is 108 Å². The Balaban J connectivity index is 0.000000176. The van der Waals surface area contributed by atoms with Crippen molar-refractivity contribution in [3.8, 4) is 18.2 Å². The molecule has 0 bridgehead atoms. The minimum Gasteiger partial charge on any atom is -0.341 e. The number of nitriles is 3. The van der Waals surface area contributed by atoms with Crippen molar-refractivity contribution in [2.24, 2.45) is 0 Å². The molecular weight excluding hydrogens is 1510 g/mol. The number of amides is 12. The maximum atomic E-state index is 13.9. The summed E-state index contributed by atoms with van der Waals surface area (Å²) in [6.07, 6.45) is -6.95. The first-order valence-electron chi connectivity index (χ1n) is 33.2. The third-order valence-corrected chi connectivity index (χ3v) is 21.6. The Kier molecular flexibility index (Phi) is 23.3. The number of ketones is 3. The molecule has 12 rings (SSSR count). The molecule has 0 aromatic heterocycles. The van der Waals surface area contributed by atoms with Gasteiger partial charge in [0.15, 0.2) is 37.0 Å². The quantitative estimate of drug-likeness (QED) is 0.0904. The van der Waals surface area contributed by atoms with Gasteiger partial charge in [0.05, 0.1) is 84.2 Å². The summed E-state index contributed by atoms with van der Waals surface area (Å²) in [4.78, 5) is 125. The Morgan fingerprint density at radius 3 is 1.16 bits per heavy atom. The van der Waals surface area contributed by atoms with Crippen LogP contribution >= 0.6 is 0 Å². The van der Waals surface area contributed by atoms with E-state index in [0.717, 1.165) is 79.5 Å². The van der Waals surface area contributed by atoms with Gasteiger partial charge in [-0.3, -0.25) is 33.3 Å². The minimum absolute atomic E-state index is 0.00950. The van der Waals surface area contributed by atoms with E-state index < -0.39 is 127 Å². The van der Waals surface area contributed by atoms with Gasteiger partial charge in [-0.15, -0.1) is 0 Å². The molecule has 3 aliphatic carbocycles. The molecule has 0 saturated heterocycles. The van der Waals surface area contributed by atoms with Crippen LogP contribution in [0.3, 0.4) is 0 Å². The molecule has 3 heterocycles. The minimum atomic E-state index is -4.68. The topological polar surface area (TPSA) is 366 Å². The monoisotopic (exact) mass is 1570 g/mol. The highest BCUT2D eigenvalue weighted by molar-refractivity contribution is 7.91. The molecule has 4 atom stereocenters. The molecule has 0 fully saturated rings. The number of anilines is 3. The number of nitrogens with one attached hydrogen (secondary N) is 3. The SMILES string of the molecule is CCNC(=O)N1C(=O)N(c2cccc(C(F)(F)F)c2)C2=C(C(=O)CC2)C1c1ccc(C#N)cc1S(C)=O.CCNC(=O)N1C(=O)N(c2cccc(C(F)F)c2)C2=C(C(=O)CC2)C1c1ccc(C#N)cc1S(C)(=O)=O.CNC(=O)N1C(=O)N(c2cccc(C(F)F)c2)C2=C(C(=O)CC2)C1c1ccc(C#N)cc1S(C)(=O)=O. The summed E-state index contributed by atoms with van der Waals surface area (Å²) in [5, 5.41) is 35.2. The summed E-state index contributed by atoms with van der Waals surface area (Å²) >= 11 is 0. The molecule has 0 radical (unpaired) electrons. The zero-order valence-electron chi connectivity index (χ0n) is 58.8. The number of rotatable bonds is 13. The van der Waals surface area contributed by atoms with Crippen LogP contribution in [-0.4, -0.2) is 128 Å². The van der Waals surface area contributed by atoms with E-state index in [1.165, 1.54) is 98.2 Å². The molecule has 6 aromatic rings. The van der Waals surface area contributed by atoms with Gasteiger partial charge < -0.3 is 16.0 Å². The molecule has 0 spiro atoms. The maximum absolute atomic E-state index is 13.9. The largest absolute Gasteiger partial charge is 0.416 e. The van der Waals surface area contributed by atoms with Crippen molar-refractivity contribution >= 4 is 101 Å². The van der Waals surface area contributed by atoms with Crippen LogP contribution in [0.4, 0.5) is 76.6 Å². The van der Waals surface area contributed by atoms with Gasteiger partial charge in [0.25, 0.3) is 12.9 Å². The fraction of sp³-hybridized carbons (Fsp3) is 0.270. The predicted octanol–water partition coefficient (Wildman–Crippen LogP) is 12.7. The standard InChI is InChI=1S/C25H21F3N4O4S.C25H22F2N4O5S.C24H20F2N4O5S/c1-3-30-23(34)32-22(17-8-7-14(13-29)11-20(17)37(2)36)21-18(9-10-19(21)33)31(24(32)35)16-6-4-5-15(12-16)25(26,27)28;1-3-29-24(33)31-22(17-8-7-14(13-28)11-20(17)37(2,35)36)21-18(9-10-19(21)32)30(25(31)34)16-6-4-5-15(12-16)23(26)27;1-28-23(32)30-21(16-7-6-13(12-27)10-19(16)36(2,34)35)20-17(8-9-18(20)31)29(24(30)33)15-5-3-4-14(11-15)22(25)26/h4-8,11-12,22H,3,9-10H2,1-2H3,(H,30,34);4-8,11-12,22-23H,3,9-10H2,1-2H3,(H,29,33);3-7,10-11,21-22H,8-9H2,1-2H3,(H,28,32). The normalized spacial score (nSPS) is 18.1. The highest BCUT2D eigenvalue weighted by Crippen LogP contribution is 2.51. The van der Waals surface area contributed by atoms with E-state index in [9.17, 15) is 111 Å². The molecule has 12 amide bonds. The van der Waals surface area contributed by atoms with Crippen molar-refractivity contribution < 1.29 is 94.9 Å². The Morgan fingerprint density at radius 1 is 0.500 bits per heavy atom. The summed E-state index contributed by atoms with van der Waals surface area (Å²) in [7, 11) is -8.35. The number of Topliss-reactive ketones (excluding diaryl/α,β-unsaturated/α-hetero) is 3. The Morgan fingerprint density at radius 2 is 0.836 bits per heavy atom. The van der Waals surface area contributed by atoms with E-state index in [2.05, 4.69) is 16.0 Å². The Hall–Kier alpha value is -12.2. The van der Waals surface area contributed by atoms with Crippen molar-refractivity contribution in [1.29, 1.82) is 15.8 Å². The lowest BCUT2D eigenvalue weighted by atomic mass is 9.92. The zero-order chi connectivity index (χ0) is 80.5. The molecule has 36 heteroatoms. The average molecular weight is 1570 g/mol. The molecule has 570 valence electrons. The number of carbonyl (C=O) groups excluding carboxylic acids is 9. The number of alkyl halides is 7. The van der Waals surface area contributed by atoms with Gasteiger partial charge in [-0.05, 0) is 129 Å². The molecule has 4 unspecified atom stereocenters. The van der Waals surface area contributed by atoms with Crippen LogP contribution in [0.2, 0.25) is 0 Å². The van der Waals surface area contributed by atoms with Crippen molar-refractivity contribution in [3.05, 3.63) is 211 Å². The van der Waals surface area contributed by atoms with Crippen molar-refractivity contribution in [1.82, 2.24) is 30.7 Å². The van der Waals surface area contributed by atoms with Gasteiger partial charge in [-0.25, -0.2) is 77.9 Å². The van der Waals surface area contributed by atoms with E-state index >= 15 is 0 Å². The number of nitrogens with zero attached hydrogens (tertiary/aromatic N) is 9. The molecule has 6 aromatic carbocycles. The Labute approximate surface area is 626 Å². The van der Waals surface area contributed by atoms with Gasteiger partial charge in [-0.2, -0.15) is 29.0 Å². The predicted molar refractivity (Wildman–Crippen MR) is 380 cm³/mol. The molecule has 6 aliphatic rings. The molecular formula is C74H63F7N12O14S3. The Bertz CT molecular complexity index is 5440. The summed E-state index contributed by atoms with van der Waals surface area (Å²) in [5.74, 6) is -1.23. The van der Waals surface area contributed by atoms with Crippen LogP contribution in [0.1, 0.15) is 133 Å². The third kappa shape index (κ3) is 15.5. The lowest BCUT2D eigenvalue weighted by molar-refractivity contribution is -0.137. The second-order valence-corrected chi connectivity index (χ2v) is 30.5. The third-order valence-electron chi connectivity index (χ3n) is 18.3. The van der Waals surface area contributed by atoms with Gasteiger partial charge >= 0.3 is 42.4 Å². The maximum Gasteiger partial charge on any atom is 0.416 e. The second-order valence-electron chi connectivity index (χ2n) is 25.2. The summed E-state index contributed by atoms with van der Waals surface area (Å²) in [5.41, 5.74) is -0.681. The number of hydrogen-bond acceptors (Lipinski definition) is 17. The van der Waals surface area contributed by atoms with Crippen LogP contribution < -0.4 is 30.7 Å². The van der Waals surface area contributed by atoms with Crippen molar-refractivity contribution in [2.75, 3.05) is 53.6 Å². The lowest BCUT2D eigenvalue weighted by Crippen LogP contribution is -2.55. The highest BCUT2D eigenvalue weighted by Gasteiger charge is 2.53. The van der Waals surface area contributed by atoms with Crippen molar-refractivity contribution in [3.63, 3.8) is 0 Å². The summed E-state index contributed by atoms with van der Waals surface area (Å²) < 4.78 is 157. The number of hydrogen-bond donors (Lipinski definition) is 3. The van der Waals surface area contributed by atoms with E-state index in [1.807, 2.05) is 18.2 Å². The summed E-state index contributed by atoms with van der Waals surface area (Å²) in [6.45, 7) is 3.47. The number of sulfone groups is 2. The number of benzene rings is 6. The van der Waals surface area contributed by atoms with Crippen molar-refractivity contribution in [2.45, 2.75) is 104 Å². The van der Waals surface area contributed by atoms with Gasteiger partial charge in [0.1, 0.15) is 12.1 Å². The molecule has 110 heavy (non-hydrogen) atoms. The first-order chi connectivity index (χ1) is 52.0. The van der Waals surface area contributed by atoms with E-state index in [-0.39, 0.29) is 162 Å². The number of allylic oxidation sites excluding steroid dienone is 3. The molecule has 3 aliphatic heterocycles. The van der Waals surface area contributed by atoms with E-state index in [4.69, 9.17) is 0 Å². The highest BCUT2D eigenvalue weighted by atomic mass is 32.2. The van der Waals surface area contributed by atoms with E-state index in [0.29, 0.717) is 4.90 Å². The van der Waals surface area contributed by atoms with Gasteiger partial charge in [0.2, 0.25) is 0 Å². The van der Waals surface area contributed by atoms with Crippen LogP contribution in [-0.2, 0) is 51.0 Å². The van der Waals surface area contributed by atoms with Gasteiger partial charge in [-0.1, -0.05) is 48.5 Å². The first kappa shape index (κ1) is 80.3. The van der Waals surface area contributed by atoms with Crippen LogP contribution in [0.25, 0.3) is 0 Å². The number of halogens is 7. The summed E-state index contributed by atoms with van der Waals surface area (Å²) in [6, 6.07) is 21.9. The number of imide groups is 3. The second kappa shape index (κ2) is 31.9. The van der Waals surface area contributed by atoms with Crippen LogP contribution in [0, 0.1) is 34.0 Å². The molecule has 0 saturated carbocycles. The van der Waals surface area contributed by atoms with E-state index in [1.54, 1.807) is 13.8 Å². The number of urea groups is 6. The van der Waals surface area contributed by atoms with Crippen LogP contribution in [0.15, 0.2) is 176 Å². The smallest absolute Gasteiger partial charge is 0.341 e. The molecule has 26 nitrogen and oxygen atoms in total. The first-order valence-corrected chi connectivity index (χ1v) is 38.6. The molecule has 3 N–H and O–H groups in total. The fourth-order valence-corrected chi connectivity index (χ4v) is 16.4. The fourth-order valence-electron chi connectivity index (χ4n) is 13.7.